The molecule has 0 radical (unpaired) electrons. The Morgan fingerprint density at radius 3 is 2.76 bits per heavy atom. The van der Waals surface area contributed by atoms with E-state index in [0.29, 0.717) is 16.6 Å². The van der Waals surface area contributed by atoms with E-state index in [-0.39, 0.29) is 24.3 Å². The fraction of sp³-hybridized carbons (Fsp3) is 0.200. The van der Waals surface area contributed by atoms with Gasteiger partial charge in [-0.1, -0.05) is 54.2 Å². The molecular weight excluding hydrogens is 468 g/mol. The van der Waals surface area contributed by atoms with Gasteiger partial charge in [0.05, 0.1) is 23.7 Å². The number of methoxy groups -OCH3 is 1. The molecule has 2 atom stereocenters. The predicted molar refractivity (Wildman–Crippen MR) is 137 cm³/mol. The third kappa shape index (κ3) is 4.76. The van der Waals surface area contributed by atoms with Gasteiger partial charge in [0.1, 0.15) is 11.0 Å². The van der Waals surface area contributed by atoms with Crippen molar-refractivity contribution in [3.05, 3.63) is 82.6 Å². The Morgan fingerprint density at radius 2 is 2.00 bits per heavy atom. The topological polar surface area (TPSA) is 83.4 Å². The van der Waals surface area contributed by atoms with Gasteiger partial charge < -0.3 is 10.1 Å². The SMILES string of the molecule is COc1cccc(NC(=O)C[C@@H]2SC(N3N=C(c4cccs4)C[C@H]3c3ccccc3)=NC2=O)c1. The van der Waals surface area contributed by atoms with Crippen molar-refractivity contribution in [3.63, 3.8) is 0 Å². The maximum atomic E-state index is 12.7. The fourth-order valence-corrected chi connectivity index (χ4v) is 5.68. The molecule has 0 unspecified atom stereocenters. The molecule has 0 saturated carbocycles. The lowest BCUT2D eigenvalue weighted by Crippen LogP contribution is -2.25. The number of carbonyl (C=O) groups excluding carboxylic acids is 2. The number of hydrogen-bond donors (Lipinski definition) is 1. The van der Waals surface area contributed by atoms with E-state index in [1.807, 2.05) is 34.7 Å². The molecule has 1 aromatic heterocycles. The summed E-state index contributed by atoms with van der Waals surface area (Å²) >= 11 is 2.94. The van der Waals surface area contributed by atoms with E-state index in [0.717, 1.165) is 22.6 Å². The number of nitrogens with zero attached hydrogens (tertiary/aromatic N) is 3. The van der Waals surface area contributed by atoms with E-state index in [1.54, 1.807) is 42.7 Å². The molecule has 5 rings (SSSR count). The minimum Gasteiger partial charge on any atom is -0.497 e. The van der Waals surface area contributed by atoms with Gasteiger partial charge in [-0.2, -0.15) is 10.1 Å². The van der Waals surface area contributed by atoms with Crippen LogP contribution in [0.4, 0.5) is 5.69 Å². The number of hydrogen-bond acceptors (Lipinski definition) is 7. The molecule has 0 spiro atoms. The van der Waals surface area contributed by atoms with E-state index in [9.17, 15) is 9.59 Å². The van der Waals surface area contributed by atoms with E-state index in [2.05, 4.69) is 28.5 Å². The quantitative estimate of drug-likeness (QED) is 0.530. The number of nitrogens with one attached hydrogen (secondary N) is 1. The number of amidine groups is 1. The van der Waals surface area contributed by atoms with Gasteiger partial charge in [0.25, 0.3) is 5.91 Å². The molecule has 0 aliphatic carbocycles. The Morgan fingerprint density at radius 1 is 1.15 bits per heavy atom. The first kappa shape index (κ1) is 22.4. The molecular formula is C25H22N4O3S2. The molecule has 34 heavy (non-hydrogen) atoms. The average Bonchev–Trinajstić information content (AvgIpc) is 3.60. The zero-order chi connectivity index (χ0) is 23.5. The van der Waals surface area contributed by atoms with Gasteiger partial charge in [-0.25, -0.2) is 5.01 Å². The second-order valence-corrected chi connectivity index (χ2v) is 9.94. The first-order valence-corrected chi connectivity index (χ1v) is 12.6. The van der Waals surface area contributed by atoms with Gasteiger partial charge in [-0.15, -0.1) is 11.3 Å². The molecule has 0 fully saturated rings. The lowest BCUT2D eigenvalue weighted by molar-refractivity contribution is -0.121. The van der Waals surface area contributed by atoms with Crippen molar-refractivity contribution in [1.29, 1.82) is 0 Å². The summed E-state index contributed by atoms with van der Waals surface area (Å²) in [6, 6.07) is 21.2. The van der Waals surface area contributed by atoms with Crippen LogP contribution in [0, 0.1) is 0 Å². The van der Waals surface area contributed by atoms with E-state index in [1.165, 1.54) is 11.8 Å². The lowest BCUT2D eigenvalue weighted by Gasteiger charge is -2.23. The summed E-state index contributed by atoms with van der Waals surface area (Å²) in [5.41, 5.74) is 2.70. The van der Waals surface area contributed by atoms with Crippen LogP contribution in [0.3, 0.4) is 0 Å². The molecule has 0 saturated heterocycles. The first-order valence-electron chi connectivity index (χ1n) is 10.8. The summed E-state index contributed by atoms with van der Waals surface area (Å²) in [5, 5.41) is 11.5. The molecule has 172 valence electrons. The molecule has 3 aromatic rings. The van der Waals surface area contributed by atoms with Crippen LogP contribution in [0.1, 0.15) is 29.3 Å². The van der Waals surface area contributed by atoms with Crippen LogP contribution in [0.15, 0.2) is 82.2 Å². The Hall–Kier alpha value is -3.43. The molecule has 2 aliphatic rings. The van der Waals surface area contributed by atoms with Crippen LogP contribution >= 0.6 is 23.1 Å². The van der Waals surface area contributed by atoms with Crippen molar-refractivity contribution in [2.45, 2.75) is 24.1 Å². The Bertz CT molecular complexity index is 1260. The van der Waals surface area contributed by atoms with E-state index in [4.69, 9.17) is 9.84 Å². The lowest BCUT2D eigenvalue weighted by atomic mass is 10.0. The fourth-order valence-electron chi connectivity index (χ4n) is 3.90. The van der Waals surface area contributed by atoms with Crippen molar-refractivity contribution in [1.82, 2.24) is 5.01 Å². The normalized spacial score (nSPS) is 19.7. The third-order valence-electron chi connectivity index (χ3n) is 5.55. The van der Waals surface area contributed by atoms with Gasteiger partial charge >= 0.3 is 0 Å². The number of hydrazone groups is 1. The molecule has 7 nitrogen and oxygen atoms in total. The number of anilines is 1. The van der Waals surface area contributed by atoms with E-state index < -0.39 is 5.25 Å². The highest BCUT2D eigenvalue weighted by Crippen LogP contribution is 2.39. The maximum absolute atomic E-state index is 12.7. The van der Waals surface area contributed by atoms with Crippen molar-refractivity contribution in [3.8, 4) is 5.75 Å². The highest BCUT2D eigenvalue weighted by Gasteiger charge is 2.39. The zero-order valence-corrected chi connectivity index (χ0v) is 20.0. The number of thiophene rings is 1. The summed E-state index contributed by atoms with van der Waals surface area (Å²) < 4.78 is 5.19. The van der Waals surface area contributed by atoms with Crippen molar-refractivity contribution < 1.29 is 14.3 Å². The number of rotatable bonds is 6. The standard InChI is InChI=1S/C25H22N4O3S2/c1-32-18-10-5-9-17(13-18)26-23(30)15-22-24(31)27-25(34-22)29-20(16-7-3-2-4-8-16)14-19(28-29)21-11-6-12-33-21/h2-13,20,22H,14-15H2,1H3,(H,26,30)/t20-,22-/m0/s1. The summed E-state index contributed by atoms with van der Waals surface area (Å²) in [6.07, 6.45) is 0.748. The second-order valence-electron chi connectivity index (χ2n) is 7.82. The van der Waals surface area contributed by atoms with Crippen LogP contribution in [0.5, 0.6) is 5.75 Å². The van der Waals surface area contributed by atoms with Crippen LogP contribution < -0.4 is 10.1 Å². The van der Waals surface area contributed by atoms with Gasteiger partial charge in [-0.05, 0) is 29.1 Å². The molecule has 9 heteroatoms. The number of carbonyl (C=O) groups is 2. The summed E-state index contributed by atoms with van der Waals surface area (Å²) in [5.74, 6) is 0.0851. The third-order valence-corrected chi connectivity index (χ3v) is 7.61. The Labute approximate surface area is 205 Å². The molecule has 2 amide bonds. The average molecular weight is 491 g/mol. The minimum atomic E-state index is -0.585. The largest absolute Gasteiger partial charge is 0.497 e. The van der Waals surface area contributed by atoms with Crippen molar-refractivity contribution in [2.75, 3.05) is 12.4 Å². The molecule has 2 aromatic carbocycles. The highest BCUT2D eigenvalue weighted by atomic mass is 32.2. The van der Waals surface area contributed by atoms with E-state index >= 15 is 0 Å². The van der Waals surface area contributed by atoms with Crippen LogP contribution in [0.25, 0.3) is 0 Å². The van der Waals surface area contributed by atoms with Crippen LogP contribution in [-0.4, -0.2) is 40.1 Å². The maximum Gasteiger partial charge on any atom is 0.262 e. The molecule has 0 bridgehead atoms. The number of thioether (sulfide) groups is 1. The van der Waals surface area contributed by atoms with Crippen molar-refractivity contribution >= 4 is 51.5 Å². The summed E-state index contributed by atoms with van der Waals surface area (Å²) in [4.78, 5) is 30.7. The van der Waals surface area contributed by atoms with Gasteiger partial charge in [0.2, 0.25) is 5.91 Å². The Balaban J connectivity index is 1.31. The van der Waals surface area contributed by atoms with Crippen LogP contribution in [0.2, 0.25) is 0 Å². The van der Waals surface area contributed by atoms with Crippen LogP contribution in [-0.2, 0) is 9.59 Å². The monoisotopic (exact) mass is 490 g/mol. The van der Waals surface area contributed by atoms with Crippen molar-refractivity contribution in [2.24, 2.45) is 10.1 Å². The smallest absolute Gasteiger partial charge is 0.262 e. The number of ether oxygens (including phenoxy) is 1. The van der Waals surface area contributed by atoms with Gasteiger partial charge in [0, 0.05) is 24.6 Å². The zero-order valence-electron chi connectivity index (χ0n) is 18.4. The minimum absolute atomic E-state index is 0.0268. The number of aliphatic imine (C=N–C) groups is 1. The summed E-state index contributed by atoms with van der Waals surface area (Å²) in [6.45, 7) is 0. The number of amides is 2. The predicted octanol–water partition coefficient (Wildman–Crippen LogP) is 4.93. The summed E-state index contributed by atoms with van der Waals surface area (Å²) in [7, 11) is 1.57. The molecule has 3 heterocycles. The number of benzene rings is 2. The first-order chi connectivity index (χ1) is 16.6. The highest BCUT2D eigenvalue weighted by molar-refractivity contribution is 8.15. The molecule has 1 N–H and O–H groups in total. The molecule has 2 aliphatic heterocycles. The van der Waals surface area contributed by atoms with Gasteiger partial charge in [-0.3, -0.25) is 9.59 Å². The Kier molecular flexibility index (Phi) is 6.46. The second kappa shape index (κ2) is 9.82. The van der Waals surface area contributed by atoms with Gasteiger partial charge in [0.15, 0.2) is 5.17 Å².